The number of aromatic nitrogens is 3. The summed E-state index contributed by atoms with van der Waals surface area (Å²) in [5, 5.41) is 3.45. The molecule has 0 atom stereocenters. The highest BCUT2D eigenvalue weighted by molar-refractivity contribution is 5.35. The van der Waals surface area contributed by atoms with E-state index < -0.39 is 0 Å². The molecule has 2 heterocycles. The first-order valence-corrected chi connectivity index (χ1v) is 7.03. The van der Waals surface area contributed by atoms with E-state index in [1.165, 1.54) is 5.56 Å². The number of rotatable bonds is 5. The van der Waals surface area contributed by atoms with E-state index in [4.69, 9.17) is 0 Å². The molecule has 0 fully saturated rings. The Hall–Kier alpha value is -2.46. The van der Waals surface area contributed by atoms with Crippen molar-refractivity contribution in [1.29, 1.82) is 0 Å². The highest BCUT2D eigenvalue weighted by Crippen LogP contribution is 2.14. The zero-order valence-electron chi connectivity index (χ0n) is 12.0. The maximum Gasteiger partial charge on any atom is 0.110 e. The first-order chi connectivity index (χ1) is 10.3. The smallest absolute Gasteiger partial charge is 0.110 e. The quantitative estimate of drug-likeness (QED) is 0.780. The van der Waals surface area contributed by atoms with Gasteiger partial charge in [0.2, 0.25) is 0 Å². The van der Waals surface area contributed by atoms with Crippen molar-refractivity contribution in [3.05, 3.63) is 78.1 Å². The predicted molar refractivity (Wildman–Crippen MR) is 83.1 cm³/mol. The van der Waals surface area contributed by atoms with E-state index in [2.05, 4.69) is 32.0 Å². The van der Waals surface area contributed by atoms with Crippen LogP contribution in [0.25, 0.3) is 5.69 Å². The maximum atomic E-state index is 4.43. The lowest BCUT2D eigenvalue weighted by atomic mass is 10.2. The molecule has 0 unspecified atom stereocenters. The lowest BCUT2D eigenvalue weighted by molar-refractivity contribution is 0.666. The number of nitrogens with one attached hydrogen (secondary N) is 1. The average molecular weight is 278 g/mol. The zero-order chi connectivity index (χ0) is 14.5. The van der Waals surface area contributed by atoms with Crippen LogP contribution in [0.15, 0.2) is 61.1 Å². The molecule has 4 nitrogen and oxygen atoms in total. The van der Waals surface area contributed by atoms with Crippen LogP contribution in [-0.2, 0) is 13.1 Å². The molecule has 0 aliphatic rings. The van der Waals surface area contributed by atoms with Gasteiger partial charge in [-0.3, -0.25) is 9.55 Å². The van der Waals surface area contributed by atoms with Crippen LogP contribution in [0.4, 0.5) is 0 Å². The Bertz CT molecular complexity index is 689. The minimum absolute atomic E-state index is 0.776. The first-order valence-electron chi connectivity index (χ1n) is 7.03. The minimum Gasteiger partial charge on any atom is -0.307 e. The van der Waals surface area contributed by atoms with Crippen LogP contribution < -0.4 is 5.32 Å². The monoisotopic (exact) mass is 278 g/mol. The summed E-state index contributed by atoms with van der Waals surface area (Å²) in [4.78, 5) is 8.46. The first kappa shape index (κ1) is 13.5. The fraction of sp³-hybridized carbons (Fsp3) is 0.176. The van der Waals surface area contributed by atoms with Crippen molar-refractivity contribution in [3.63, 3.8) is 0 Å². The summed E-state index contributed by atoms with van der Waals surface area (Å²) in [5.74, 6) is 1.00. The summed E-state index contributed by atoms with van der Waals surface area (Å²) in [6.45, 7) is 3.62. The third kappa shape index (κ3) is 3.17. The molecule has 0 aliphatic carbocycles. The fourth-order valence-corrected chi connectivity index (χ4v) is 2.38. The van der Waals surface area contributed by atoms with E-state index >= 15 is 0 Å². The summed E-state index contributed by atoms with van der Waals surface area (Å²) in [6.07, 6.45) is 5.56. The van der Waals surface area contributed by atoms with Gasteiger partial charge in [-0.25, -0.2) is 4.98 Å². The van der Waals surface area contributed by atoms with Gasteiger partial charge in [0.25, 0.3) is 0 Å². The lowest BCUT2D eigenvalue weighted by Crippen LogP contribution is -2.15. The summed E-state index contributed by atoms with van der Waals surface area (Å²) in [7, 11) is 0. The van der Waals surface area contributed by atoms with Gasteiger partial charge in [-0.05, 0) is 36.8 Å². The van der Waals surface area contributed by atoms with Crippen LogP contribution in [0, 0.1) is 6.92 Å². The SMILES string of the molecule is Cc1ncc(CNCc2ccncc2)n1-c1ccccc1. The summed E-state index contributed by atoms with van der Waals surface area (Å²) in [6, 6.07) is 14.4. The second kappa shape index (κ2) is 6.33. The minimum atomic E-state index is 0.776. The Balaban J connectivity index is 1.72. The fourth-order valence-electron chi connectivity index (χ4n) is 2.38. The van der Waals surface area contributed by atoms with Gasteiger partial charge in [0.1, 0.15) is 5.82 Å². The molecule has 0 aliphatic heterocycles. The molecule has 0 spiro atoms. The third-order valence-corrected chi connectivity index (χ3v) is 3.41. The molecule has 2 aromatic heterocycles. The number of para-hydroxylation sites is 1. The van der Waals surface area contributed by atoms with Gasteiger partial charge >= 0.3 is 0 Å². The molecule has 0 saturated carbocycles. The van der Waals surface area contributed by atoms with Gasteiger partial charge in [-0.15, -0.1) is 0 Å². The van der Waals surface area contributed by atoms with Gasteiger partial charge in [0, 0.05) is 31.2 Å². The molecule has 21 heavy (non-hydrogen) atoms. The second-order valence-corrected chi connectivity index (χ2v) is 4.93. The van der Waals surface area contributed by atoms with E-state index in [-0.39, 0.29) is 0 Å². The van der Waals surface area contributed by atoms with Gasteiger partial charge < -0.3 is 5.32 Å². The Kier molecular flexibility index (Phi) is 4.07. The van der Waals surface area contributed by atoms with Crippen LogP contribution in [0.5, 0.6) is 0 Å². The highest BCUT2D eigenvalue weighted by Gasteiger charge is 2.07. The lowest BCUT2D eigenvalue weighted by Gasteiger charge is -2.11. The Morgan fingerprint density at radius 2 is 1.76 bits per heavy atom. The molecule has 0 amide bonds. The molecule has 3 aromatic rings. The summed E-state index contributed by atoms with van der Waals surface area (Å²) < 4.78 is 2.18. The Labute approximate surface area is 124 Å². The van der Waals surface area contributed by atoms with Crippen molar-refractivity contribution in [1.82, 2.24) is 19.9 Å². The second-order valence-electron chi connectivity index (χ2n) is 4.93. The molecule has 0 radical (unpaired) electrons. The number of nitrogens with zero attached hydrogens (tertiary/aromatic N) is 3. The number of aryl methyl sites for hydroxylation is 1. The topological polar surface area (TPSA) is 42.7 Å². The van der Waals surface area contributed by atoms with Crippen molar-refractivity contribution in [2.45, 2.75) is 20.0 Å². The number of imidazole rings is 1. The predicted octanol–water partition coefficient (Wildman–Crippen LogP) is 2.87. The van der Waals surface area contributed by atoms with Crippen molar-refractivity contribution in [2.75, 3.05) is 0 Å². The highest BCUT2D eigenvalue weighted by atomic mass is 15.1. The van der Waals surface area contributed by atoms with Crippen molar-refractivity contribution in [3.8, 4) is 5.69 Å². The molecule has 0 saturated heterocycles. The van der Waals surface area contributed by atoms with Gasteiger partial charge in [0.05, 0.1) is 11.9 Å². The van der Waals surface area contributed by atoms with E-state index in [9.17, 15) is 0 Å². The molecule has 4 heteroatoms. The van der Waals surface area contributed by atoms with Gasteiger partial charge in [-0.1, -0.05) is 18.2 Å². The van der Waals surface area contributed by atoms with Crippen LogP contribution in [-0.4, -0.2) is 14.5 Å². The third-order valence-electron chi connectivity index (χ3n) is 3.41. The summed E-state index contributed by atoms with van der Waals surface area (Å²) in [5.41, 5.74) is 3.54. The zero-order valence-corrected chi connectivity index (χ0v) is 12.0. The Morgan fingerprint density at radius 3 is 2.52 bits per heavy atom. The Morgan fingerprint density at radius 1 is 1.00 bits per heavy atom. The molecular weight excluding hydrogens is 260 g/mol. The molecule has 1 N–H and O–H groups in total. The van der Waals surface area contributed by atoms with Crippen molar-refractivity contribution in [2.24, 2.45) is 0 Å². The van der Waals surface area contributed by atoms with E-state index in [0.717, 1.165) is 30.3 Å². The van der Waals surface area contributed by atoms with E-state index in [1.807, 2.05) is 55.8 Å². The number of hydrogen-bond donors (Lipinski definition) is 1. The van der Waals surface area contributed by atoms with Gasteiger partial charge in [0.15, 0.2) is 0 Å². The molecule has 3 rings (SSSR count). The standard InChI is InChI=1S/C17H18N4/c1-14-20-13-17(21(14)16-5-3-2-4-6-16)12-19-11-15-7-9-18-10-8-15/h2-10,13,19H,11-12H2,1H3. The summed E-state index contributed by atoms with van der Waals surface area (Å²) >= 11 is 0. The van der Waals surface area contributed by atoms with Crippen LogP contribution in [0.3, 0.4) is 0 Å². The largest absolute Gasteiger partial charge is 0.307 e. The van der Waals surface area contributed by atoms with E-state index in [0.29, 0.717) is 0 Å². The number of pyridine rings is 1. The van der Waals surface area contributed by atoms with Crippen LogP contribution in [0.1, 0.15) is 17.1 Å². The van der Waals surface area contributed by atoms with Gasteiger partial charge in [-0.2, -0.15) is 0 Å². The average Bonchev–Trinajstić information content (AvgIpc) is 2.90. The molecule has 106 valence electrons. The number of hydrogen-bond acceptors (Lipinski definition) is 3. The van der Waals surface area contributed by atoms with Crippen molar-refractivity contribution < 1.29 is 0 Å². The number of benzene rings is 1. The normalized spacial score (nSPS) is 10.7. The van der Waals surface area contributed by atoms with Crippen molar-refractivity contribution >= 4 is 0 Å². The van der Waals surface area contributed by atoms with Crippen LogP contribution >= 0.6 is 0 Å². The maximum absolute atomic E-state index is 4.43. The molecule has 1 aromatic carbocycles. The molecule has 0 bridgehead atoms. The van der Waals surface area contributed by atoms with Crippen LogP contribution in [0.2, 0.25) is 0 Å². The molecular formula is C17H18N4. The van der Waals surface area contributed by atoms with E-state index in [1.54, 1.807) is 0 Å².